The summed E-state index contributed by atoms with van der Waals surface area (Å²) in [5.41, 5.74) is 7.31. The fourth-order valence-electron chi connectivity index (χ4n) is 1.52. The molecule has 3 rings (SSSR count). The summed E-state index contributed by atoms with van der Waals surface area (Å²) in [5.74, 6) is 1.89. The monoisotopic (exact) mass is 279 g/mol. The van der Waals surface area contributed by atoms with Crippen molar-refractivity contribution in [3.63, 3.8) is 0 Å². The molecule has 1 aromatic carbocycles. The number of hydrogen-bond acceptors (Lipinski definition) is 4. The van der Waals surface area contributed by atoms with Crippen LogP contribution in [-0.2, 0) is 0 Å². The van der Waals surface area contributed by atoms with Crippen LogP contribution < -0.4 is 5.73 Å². The van der Waals surface area contributed by atoms with E-state index in [4.69, 9.17) is 10.3 Å². The average Bonchev–Trinajstić information content (AvgIpc) is 3.01. The molecular weight excluding hydrogens is 270 g/mol. The normalized spacial score (nSPS) is 15.3. The molecule has 1 aliphatic carbocycles. The molecule has 2 N–H and O–H groups in total. The van der Waals surface area contributed by atoms with Crippen molar-refractivity contribution in [3.8, 4) is 11.5 Å². The van der Waals surface area contributed by atoms with Gasteiger partial charge in [-0.25, -0.2) is 0 Å². The number of rotatable bonds is 2. The number of halogens is 1. The molecule has 4 nitrogen and oxygen atoms in total. The van der Waals surface area contributed by atoms with E-state index in [0.717, 1.165) is 15.9 Å². The van der Waals surface area contributed by atoms with E-state index in [1.807, 2.05) is 18.2 Å². The standard InChI is InChI=1S/C11H10BrN3O/c12-8-5-7(3-4-9(8)13)11-14-10(15-16-11)6-1-2-6/h3-6H,1-2,13H2. The Bertz CT molecular complexity index is 534. The van der Waals surface area contributed by atoms with Gasteiger partial charge in [-0.15, -0.1) is 0 Å². The van der Waals surface area contributed by atoms with Gasteiger partial charge >= 0.3 is 0 Å². The molecule has 82 valence electrons. The molecule has 0 radical (unpaired) electrons. The Labute approximate surface area is 101 Å². The number of nitrogen functional groups attached to an aromatic ring is 1. The summed E-state index contributed by atoms with van der Waals surface area (Å²) in [6, 6.07) is 5.59. The zero-order valence-corrected chi connectivity index (χ0v) is 10.1. The molecule has 5 heteroatoms. The van der Waals surface area contributed by atoms with Crippen LogP contribution in [0.1, 0.15) is 24.6 Å². The van der Waals surface area contributed by atoms with Gasteiger partial charge in [-0.2, -0.15) is 4.98 Å². The van der Waals surface area contributed by atoms with E-state index in [1.54, 1.807) is 0 Å². The van der Waals surface area contributed by atoms with E-state index < -0.39 is 0 Å². The molecule has 0 atom stereocenters. The second-order valence-corrected chi connectivity index (χ2v) is 4.82. The fourth-order valence-corrected chi connectivity index (χ4v) is 1.90. The van der Waals surface area contributed by atoms with Crippen molar-refractivity contribution >= 4 is 21.6 Å². The minimum atomic E-state index is 0.509. The van der Waals surface area contributed by atoms with Gasteiger partial charge in [0.15, 0.2) is 5.82 Å². The Morgan fingerprint density at radius 1 is 1.38 bits per heavy atom. The van der Waals surface area contributed by atoms with E-state index in [9.17, 15) is 0 Å². The number of nitrogens with zero attached hydrogens (tertiary/aromatic N) is 2. The summed E-state index contributed by atoms with van der Waals surface area (Å²) >= 11 is 3.38. The van der Waals surface area contributed by atoms with E-state index in [0.29, 0.717) is 17.5 Å². The minimum absolute atomic E-state index is 0.509. The number of hydrogen-bond donors (Lipinski definition) is 1. The van der Waals surface area contributed by atoms with Crippen LogP contribution in [-0.4, -0.2) is 10.1 Å². The Kier molecular flexibility index (Phi) is 2.21. The van der Waals surface area contributed by atoms with Crippen molar-refractivity contribution in [2.24, 2.45) is 0 Å². The van der Waals surface area contributed by atoms with E-state index in [2.05, 4.69) is 26.1 Å². The SMILES string of the molecule is Nc1ccc(-c2nc(C3CC3)no2)cc1Br. The van der Waals surface area contributed by atoms with Crippen molar-refractivity contribution in [2.75, 3.05) is 5.73 Å². The summed E-state index contributed by atoms with van der Waals surface area (Å²) in [6.07, 6.45) is 2.34. The van der Waals surface area contributed by atoms with Crippen molar-refractivity contribution in [3.05, 3.63) is 28.5 Å². The highest BCUT2D eigenvalue weighted by atomic mass is 79.9. The lowest BCUT2D eigenvalue weighted by Gasteiger charge is -1.98. The number of anilines is 1. The van der Waals surface area contributed by atoms with Crippen LogP contribution in [0.3, 0.4) is 0 Å². The summed E-state index contributed by atoms with van der Waals surface area (Å²) in [6.45, 7) is 0. The highest BCUT2D eigenvalue weighted by Gasteiger charge is 2.28. The van der Waals surface area contributed by atoms with Gasteiger partial charge in [0.1, 0.15) is 0 Å². The maximum absolute atomic E-state index is 5.72. The predicted molar refractivity (Wildman–Crippen MR) is 63.8 cm³/mol. The van der Waals surface area contributed by atoms with Crippen LogP contribution in [0.5, 0.6) is 0 Å². The molecule has 1 aliphatic rings. The van der Waals surface area contributed by atoms with Crippen LogP contribution in [0.15, 0.2) is 27.2 Å². The van der Waals surface area contributed by atoms with Gasteiger partial charge in [-0.05, 0) is 47.0 Å². The van der Waals surface area contributed by atoms with Crippen LogP contribution in [0.4, 0.5) is 5.69 Å². The molecule has 0 spiro atoms. The van der Waals surface area contributed by atoms with Crippen LogP contribution in [0, 0.1) is 0 Å². The largest absolute Gasteiger partial charge is 0.398 e. The average molecular weight is 280 g/mol. The first-order valence-electron chi connectivity index (χ1n) is 5.13. The third-order valence-corrected chi connectivity index (χ3v) is 3.32. The van der Waals surface area contributed by atoms with Gasteiger partial charge < -0.3 is 10.3 Å². The molecule has 16 heavy (non-hydrogen) atoms. The van der Waals surface area contributed by atoms with Crippen molar-refractivity contribution in [1.82, 2.24) is 10.1 Å². The Hall–Kier alpha value is -1.36. The first kappa shape index (κ1) is 9.84. The van der Waals surface area contributed by atoms with Gasteiger partial charge in [0.25, 0.3) is 5.89 Å². The predicted octanol–water partition coefficient (Wildman–Crippen LogP) is 2.96. The Balaban J connectivity index is 1.97. The third kappa shape index (κ3) is 1.71. The van der Waals surface area contributed by atoms with Gasteiger partial charge in [0.2, 0.25) is 0 Å². The topological polar surface area (TPSA) is 64.9 Å². The van der Waals surface area contributed by atoms with Gasteiger partial charge in [-0.3, -0.25) is 0 Å². The fraction of sp³-hybridized carbons (Fsp3) is 0.273. The molecule has 0 aliphatic heterocycles. The Morgan fingerprint density at radius 2 is 2.19 bits per heavy atom. The summed E-state index contributed by atoms with van der Waals surface area (Å²) in [7, 11) is 0. The van der Waals surface area contributed by atoms with Crippen molar-refractivity contribution < 1.29 is 4.52 Å². The van der Waals surface area contributed by atoms with E-state index in [-0.39, 0.29) is 0 Å². The zero-order chi connectivity index (χ0) is 11.1. The van der Waals surface area contributed by atoms with Gasteiger partial charge in [0, 0.05) is 21.6 Å². The molecule has 2 aromatic rings. The smallest absolute Gasteiger partial charge is 0.257 e. The third-order valence-electron chi connectivity index (χ3n) is 2.63. The quantitative estimate of drug-likeness (QED) is 0.859. The zero-order valence-electron chi connectivity index (χ0n) is 8.48. The summed E-state index contributed by atoms with van der Waals surface area (Å²) in [5, 5.41) is 3.97. The molecular formula is C11H10BrN3O. The number of aromatic nitrogens is 2. The van der Waals surface area contributed by atoms with Gasteiger partial charge in [0.05, 0.1) is 0 Å². The second-order valence-electron chi connectivity index (χ2n) is 3.97. The molecule has 1 saturated carbocycles. The molecule has 0 bridgehead atoms. The maximum atomic E-state index is 5.72. The van der Waals surface area contributed by atoms with Crippen molar-refractivity contribution in [2.45, 2.75) is 18.8 Å². The van der Waals surface area contributed by atoms with Gasteiger partial charge in [-0.1, -0.05) is 5.16 Å². The minimum Gasteiger partial charge on any atom is -0.398 e. The molecule has 0 unspecified atom stereocenters. The number of benzene rings is 1. The van der Waals surface area contributed by atoms with Crippen LogP contribution in [0.2, 0.25) is 0 Å². The first-order chi connectivity index (χ1) is 7.74. The summed E-state index contributed by atoms with van der Waals surface area (Å²) in [4.78, 5) is 4.37. The second kappa shape index (κ2) is 3.59. The summed E-state index contributed by atoms with van der Waals surface area (Å²) < 4.78 is 6.07. The Morgan fingerprint density at radius 3 is 2.88 bits per heavy atom. The molecule has 1 fully saturated rings. The lowest BCUT2D eigenvalue weighted by Crippen LogP contribution is -1.87. The van der Waals surface area contributed by atoms with Crippen LogP contribution in [0.25, 0.3) is 11.5 Å². The molecule has 1 heterocycles. The van der Waals surface area contributed by atoms with Crippen molar-refractivity contribution in [1.29, 1.82) is 0 Å². The lowest BCUT2D eigenvalue weighted by molar-refractivity contribution is 0.422. The number of nitrogens with two attached hydrogens (primary N) is 1. The molecule has 1 aromatic heterocycles. The maximum Gasteiger partial charge on any atom is 0.257 e. The highest BCUT2D eigenvalue weighted by molar-refractivity contribution is 9.10. The highest BCUT2D eigenvalue weighted by Crippen LogP contribution is 2.39. The van der Waals surface area contributed by atoms with E-state index in [1.165, 1.54) is 12.8 Å². The van der Waals surface area contributed by atoms with E-state index >= 15 is 0 Å². The first-order valence-corrected chi connectivity index (χ1v) is 5.92. The lowest BCUT2D eigenvalue weighted by atomic mass is 10.2. The van der Waals surface area contributed by atoms with Crippen LogP contribution >= 0.6 is 15.9 Å². The molecule has 0 amide bonds. The molecule has 0 saturated heterocycles.